The Morgan fingerprint density at radius 2 is 1.88 bits per heavy atom. The lowest BCUT2D eigenvalue weighted by Crippen LogP contribution is -2.34. The van der Waals surface area contributed by atoms with Gasteiger partial charge in [0.1, 0.15) is 0 Å². The molecule has 0 saturated heterocycles. The van der Waals surface area contributed by atoms with Crippen LogP contribution in [-0.4, -0.2) is 23.7 Å². The largest absolute Gasteiger partial charge is 0.391 e. The van der Waals surface area contributed by atoms with Crippen LogP contribution in [0.4, 0.5) is 0 Å². The van der Waals surface area contributed by atoms with Crippen molar-refractivity contribution in [2.45, 2.75) is 52.1 Å². The first-order valence-corrected chi connectivity index (χ1v) is 7.05. The Kier molecular flexibility index (Phi) is 4.08. The summed E-state index contributed by atoms with van der Waals surface area (Å²) < 4.78 is 0. The number of carbonyl (C=O) groups is 1. The van der Waals surface area contributed by atoms with Crippen LogP contribution in [-0.2, 0) is 4.79 Å². The van der Waals surface area contributed by atoms with Gasteiger partial charge in [-0.2, -0.15) is 0 Å². The topological polar surface area (TPSA) is 49.3 Å². The SMILES string of the molecule is CC(C)CC(O)CNC(=O)C1C2CCCCC21. The maximum atomic E-state index is 11.9. The highest BCUT2D eigenvalue weighted by atomic mass is 16.3. The van der Waals surface area contributed by atoms with Gasteiger partial charge in [0.15, 0.2) is 0 Å². The van der Waals surface area contributed by atoms with Crippen molar-refractivity contribution in [3.8, 4) is 0 Å². The Labute approximate surface area is 104 Å². The van der Waals surface area contributed by atoms with Crippen molar-refractivity contribution in [3.05, 3.63) is 0 Å². The number of aliphatic hydroxyl groups excluding tert-OH is 1. The average Bonchev–Trinajstić information content (AvgIpc) is 2.99. The molecule has 0 bridgehead atoms. The second-order valence-corrected chi connectivity index (χ2v) is 6.17. The van der Waals surface area contributed by atoms with E-state index in [1.54, 1.807) is 0 Å². The molecule has 2 aliphatic carbocycles. The van der Waals surface area contributed by atoms with Gasteiger partial charge in [-0.25, -0.2) is 0 Å². The maximum absolute atomic E-state index is 11.9. The highest BCUT2D eigenvalue weighted by molar-refractivity contribution is 5.82. The number of nitrogens with one attached hydrogen (secondary N) is 1. The summed E-state index contributed by atoms with van der Waals surface area (Å²) in [7, 11) is 0. The smallest absolute Gasteiger partial charge is 0.223 e. The summed E-state index contributed by atoms with van der Waals surface area (Å²) in [4.78, 5) is 11.9. The fourth-order valence-electron chi connectivity index (χ4n) is 3.34. The Morgan fingerprint density at radius 1 is 1.29 bits per heavy atom. The first kappa shape index (κ1) is 12.9. The second-order valence-electron chi connectivity index (χ2n) is 6.17. The molecule has 17 heavy (non-hydrogen) atoms. The molecule has 3 nitrogen and oxygen atoms in total. The minimum absolute atomic E-state index is 0.185. The summed E-state index contributed by atoms with van der Waals surface area (Å²) in [6.07, 6.45) is 5.42. The molecule has 0 radical (unpaired) electrons. The van der Waals surface area contributed by atoms with Crippen molar-refractivity contribution < 1.29 is 9.90 Å². The molecule has 2 fully saturated rings. The van der Waals surface area contributed by atoms with Crippen LogP contribution in [0.2, 0.25) is 0 Å². The van der Waals surface area contributed by atoms with E-state index < -0.39 is 0 Å². The molecule has 3 heteroatoms. The third-order valence-electron chi connectivity index (χ3n) is 4.21. The summed E-state index contributed by atoms with van der Waals surface area (Å²) >= 11 is 0. The van der Waals surface area contributed by atoms with Crippen LogP contribution in [0, 0.1) is 23.7 Å². The van der Waals surface area contributed by atoms with E-state index in [0.717, 1.165) is 6.42 Å². The number of amides is 1. The minimum Gasteiger partial charge on any atom is -0.391 e. The molecule has 98 valence electrons. The Balaban J connectivity index is 1.68. The quantitative estimate of drug-likeness (QED) is 0.770. The van der Waals surface area contributed by atoms with Gasteiger partial charge in [0.2, 0.25) is 5.91 Å². The fourth-order valence-corrected chi connectivity index (χ4v) is 3.34. The summed E-state index contributed by atoms with van der Waals surface area (Å²) in [6.45, 7) is 4.59. The molecule has 2 N–H and O–H groups in total. The van der Waals surface area contributed by atoms with Gasteiger partial charge in [0.05, 0.1) is 6.10 Å². The van der Waals surface area contributed by atoms with E-state index >= 15 is 0 Å². The number of aliphatic hydroxyl groups is 1. The van der Waals surface area contributed by atoms with E-state index in [1.807, 2.05) is 0 Å². The monoisotopic (exact) mass is 239 g/mol. The zero-order chi connectivity index (χ0) is 12.4. The fraction of sp³-hybridized carbons (Fsp3) is 0.929. The third-order valence-corrected chi connectivity index (χ3v) is 4.21. The first-order valence-electron chi connectivity index (χ1n) is 7.05. The van der Waals surface area contributed by atoms with Crippen molar-refractivity contribution in [2.24, 2.45) is 23.7 Å². The Bertz CT molecular complexity index is 265. The standard InChI is InChI=1S/C14H25NO2/c1-9(2)7-10(16)8-15-14(17)13-11-5-3-4-6-12(11)13/h9-13,16H,3-8H2,1-2H3,(H,15,17). The maximum Gasteiger partial charge on any atom is 0.223 e. The van der Waals surface area contributed by atoms with Crippen molar-refractivity contribution in [1.82, 2.24) is 5.32 Å². The summed E-state index contributed by atoms with van der Waals surface area (Å²) in [5, 5.41) is 12.6. The lowest BCUT2D eigenvalue weighted by molar-refractivity contribution is -0.123. The van der Waals surface area contributed by atoms with Crippen molar-refractivity contribution >= 4 is 5.91 Å². The van der Waals surface area contributed by atoms with E-state index in [0.29, 0.717) is 24.3 Å². The normalized spacial score (nSPS) is 33.1. The Morgan fingerprint density at radius 3 is 2.41 bits per heavy atom. The predicted molar refractivity (Wildman–Crippen MR) is 67.4 cm³/mol. The highest BCUT2D eigenvalue weighted by Gasteiger charge is 2.54. The number of hydrogen-bond donors (Lipinski definition) is 2. The molecule has 3 unspecified atom stereocenters. The van der Waals surface area contributed by atoms with Crippen molar-refractivity contribution in [3.63, 3.8) is 0 Å². The van der Waals surface area contributed by atoms with E-state index in [2.05, 4.69) is 19.2 Å². The van der Waals surface area contributed by atoms with Crippen LogP contribution >= 0.6 is 0 Å². The second kappa shape index (κ2) is 5.38. The lowest BCUT2D eigenvalue weighted by Gasteiger charge is -2.13. The summed E-state index contributed by atoms with van der Waals surface area (Å²) in [6, 6.07) is 0. The van der Waals surface area contributed by atoms with Crippen molar-refractivity contribution in [2.75, 3.05) is 6.54 Å². The Hall–Kier alpha value is -0.570. The van der Waals surface area contributed by atoms with E-state index in [1.165, 1.54) is 25.7 Å². The zero-order valence-corrected chi connectivity index (χ0v) is 11.0. The average molecular weight is 239 g/mol. The molecule has 2 aliphatic rings. The van der Waals surface area contributed by atoms with Gasteiger partial charge in [0.25, 0.3) is 0 Å². The van der Waals surface area contributed by atoms with Crippen molar-refractivity contribution in [1.29, 1.82) is 0 Å². The van der Waals surface area contributed by atoms with Crippen LogP contribution < -0.4 is 5.32 Å². The highest BCUT2D eigenvalue weighted by Crippen LogP contribution is 2.55. The van der Waals surface area contributed by atoms with Crippen LogP contribution in [0.5, 0.6) is 0 Å². The molecule has 0 spiro atoms. The molecule has 0 aromatic heterocycles. The molecule has 0 heterocycles. The van der Waals surface area contributed by atoms with Gasteiger partial charge in [0, 0.05) is 12.5 Å². The van der Waals surface area contributed by atoms with Crippen LogP contribution in [0.25, 0.3) is 0 Å². The van der Waals surface area contributed by atoms with Gasteiger partial charge in [-0.3, -0.25) is 4.79 Å². The van der Waals surface area contributed by atoms with Gasteiger partial charge in [-0.15, -0.1) is 0 Å². The number of fused-ring (bicyclic) bond motifs is 1. The molecule has 1 amide bonds. The van der Waals surface area contributed by atoms with Gasteiger partial charge >= 0.3 is 0 Å². The lowest BCUT2D eigenvalue weighted by atomic mass is 10.0. The number of carbonyl (C=O) groups excluding carboxylic acids is 1. The molecule has 0 aromatic rings. The van der Waals surface area contributed by atoms with Crippen LogP contribution in [0.1, 0.15) is 46.0 Å². The molecule has 2 rings (SSSR count). The number of rotatable bonds is 5. The summed E-state index contributed by atoms with van der Waals surface area (Å²) in [5.74, 6) is 2.25. The molecule has 0 aromatic carbocycles. The van der Waals surface area contributed by atoms with Crippen LogP contribution in [0.3, 0.4) is 0 Å². The van der Waals surface area contributed by atoms with E-state index in [-0.39, 0.29) is 17.9 Å². The van der Waals surface area contributed by atoms with Crippen LogP contribution in [0.15, 0.2) is 0 Å². The molecular formula is C14H25NO2. The molecule has 0 aliphatic heterocycles. The van der Waals surface area contributed by atoms with E-state index in [9.17, 15) is 9.90 Å². The number of hydrogen-bond acceptors (Lipinski definition) is 2. The van der Waals surface area contributed by atoms with Gasteiger partial charge in [-0.1, -0.05) is 26.7 Å². The van der Waals surface area contributed by atoms with E-state index in [4.69, 9.17) is 0 Å². The first-order chi connectivity index (χ1) is 8.09. The molecule has 2 saturated carbocycles. The van der Waals surface area contributed by atoms with Gasteiger partial charge < -0.3 is 10.4 Å². The molecule has 3 atom stereocenters. The zero-order valence-electron chi connectivity index (χ0n) is 11.0. The third kappa shape index (κ3) is 3.21. The van der Waals surface area contributed by atoms with Gasteiger partial charge in [-0.05, 0) is 37.0 Å². The summed E-state index contributed by atoms with van der Waals surface area (Å²) in [5.41, 5.74) is 0. The minimum atomic E-state index is -0.389. The molecular weight excluding hydrogens is 214 g/mol. The predicted octanol–water partition coefficient (Wildman–Crippen LogP) is 1.95.